The Bertz CT molecular complexity index is 1200. The first-order chi connectivity index (χ1) is 17.3. The van der Waals surface area contributed by atoms with Crippen LogP contribution >= 0.6 is 0 Å². The van der Waals surface area contributed by atoms with Crippen LogP contribution in [0, 0.1) is 0 Å². The van der Waals surface area contributed by atoms with Gasteiger partial charge in [0.1, 0.15) is 12.2 Å². The summed E-state index contributed by atoms with van der Waals surface area (Å²) in [5.74, 6) is 0.845. The van der Waals surface area contributed by atoms with E-state index >= 15 is 0 Å². The second-order valence-corrected chi connectivity index (χ2v) is 9.24. The van der Waals surface area contributed by atoms with E-state index in [-0.39, 0.29) is 37.7 Å². The molecule has 1 N–H and O–H groups in total. The molecule has 2 aromatic rings. The van der Waals surface area contributed by atoms with Gasteiger partial charge in [-0.2, -0.15) is 0 Å². The lowest BCUT2D eigenvalue weighted by Crippen LogP contribution is -2.75. The van der Waals surface area contributed by atoms with Crippen molar-refractivity contribution >= 4 is 17.8 Å². The Morgan fingerprint density at radius 3 is 2.58 bits per heavy atom. The average Bonchev–Trinajstić information content (AvgIpc) is 3.32. The topological polar surface area (TPSA) is 94.7 Å². The van der Waals surface area contributed by atoms with Gasteiger partial charge < -0.3 is 24.6 Å². The molecule has 188 valence electrons. The van der Waals surface area contributed by atoms with Crippen molar-refractivity contribution in [1.82, 2.24) is 25.1 Å². The summed E-state index contributed by atoms with van der Waals surface area (Å²) in [6.07, 6.45) is -0.680. The molecule has 4 amide bonds. The first-order valence-electron chi connectivity index (χ1n) is 11.8. The van der Waals surface area contributed by atoms with E-state index in [1.807, 2.05) is 48.5 Å². The molecule has 2 aromatic carbocycles. The van der Waals surface area contributed by atoms with Gasteiger partial charge in [-0.3, -0.25) is 9.59 Å². The number of fused-ring (bicyclic) bond motifs is 2. The Morgan fingerprint density at radius 1 is 1.08 bits per heavy atom. The highest BCUT2D eigenvalue weighted by Crippen LogP contribution is 2.34. The van der Waals surface area contributed by atoms with E-state index < -0.39 is 12.2 Å². The highest BCUT2D eigenvalue weighted by molar-refractivity contribution is 5.93. The van der Waals surface area contributed by atoms with Crippen LogP contribution in [0.5, 0.6) is 11.5 Å². The molecular formula is C26H29N5O5. The highest BCUT2D eigenvalue weighted by atomic mass is 16.7. The molecule has 10 nitrogen and oxygen atoms in total. The Balaban J connectivity index is 1.41. The molecule has 2 atom stereocenters. The molecule has 0 aliphatic carbocycles. The van der Waals surface area contributed by atoms with Crippen molar-refractivity contribution in [3.8, 4) is 11.5 Å². The monoisotopic (exact) mass is 491 g/mol. The van der Waals surface area contributed by atoms with Crippen LogP contribution in [0.3, 0.4) is 0 Å². The van der Waals surface area contributed by atoms with Crippen molar-refractivity contribution in [3.05, 3.63) is 71.8 Å². The molecule has 2 fully saturated rings. The smallest absolute Gasteiger partial charge is 0.334 e. The van der Waals surface area contributed by atoms with E-state index in [0.717, 1.165) is 11.1 Å². The van der Waals surface area contributed by atoms with Crippen LogP contribution in [0.2, 0.25) is 0 Å². The molecule has 0 aromatic heterocycles. The minimum Gasteiger partial charge on any atom is -0.454 e. The standard InChI is InChI=1S/C26H29N5O5/c1-17(2)24-25(33)29(13-19-9-10-20-21(11-19)36-16-35-20)14-22-30(24)23(32)15-28(3)31(22)26(34)27-12-18-7-5-4-6-8-18/h4-11,22,24H,1,12-16H2,2-3H3,(H,27,34)/t22?,24-/m0/s1. The fourth-order valence-corrected chi connectivity index (χ4v) is 4.92. The number of rotatable bonds is 5. The van der Waals surface area contributed by atoms with E-state index in [9.17, 15) is 14.4 Å². The quantitative estimate of drug-likeness (QED) is 0.643. The minimum atomic E-state index is -0.858. The maximum absolute atomic E-state index is 13.6. The fraction of sp³-hybridized carbons (Fsp3) is 0.346. The van der Waals surface area contributed by atoms with E-state index in [1.54, 1.807) is 23.9 Å². The third-order valence-electron chi connectivity index (χ3n) is 6.60. The summed E-state index contributed by atoms with van der Waals surface area (Å²) in [4.78, 5) is 43.2. The molecule has 5 rings (SSSR count). The number of hydrogen-bond donors (Lipinski definition) is 1. The second-order valence-electron chi connectivity index (χ2n) is 9.24. The maximum atomic E-state index is 13.6. The summed E-state index contributed by atoms with van der Waals surface area (Å²) in [7, 11) is 1.70. The normalized spacial score (nSPS) is 21.4. The predicted molar refractivity (Wildman–Crippen MR) is 130 cm³/mol. The van der Waals surface area contributed by atoms with Crippen LogP contribution in [-0.2, 0) is 22.7 Å². The van der Waals surface area contributed by atoms with Crippen molar-refractivity contribution < 1.29 is 23.9 Å². The Kier molecular flexibility index (Phi) is 6.27. The summed E-state index contributed by atoms with van der Waals surface area (Å²) in [6, 6.07) is 13.9. The number of carbonyl (C=O) groups excluding carboxylic acids is 3. The zero-order valence-electron chi connectivity index (χ0n) is 20.3. The Hall–Kier alpha value is -4.05. The van der Waals surface area contributed by atoms with Crippen molar-refractivity contribution in [2.75, 3.05) is 26.9 Å². The zero-order valence-corrected chi connectivity index (χ0v) is 20.3. The van der Waals surface area contributed by atoms with Gasteiger partial charge in [-0.05, 0) is 35.8 Å². The van der Waals surface area contributed by atoms with Gasteiger partial charge in [-0.15, -0.1) is 0 Å². The lowest BCUT2D eigenvalue weighted by molar-refractivity contribution is -0.184. The fourth-order valence-electron chi connectivity index (χ4n) is 4.92. The summed E-state index contributed by atoms with van der Waals surface area (Å²) >= 11 is 0. The number of hydrazine groups is 1. The number of benzene rings is 2. The second kappa shape index (κ2) is 9.54. The number of amides is 4. The molecule has 0 bridgehead atoms. The van der Waals surface area contributed by atoms with Gasteiger partial charge in [0, 0.05) is 20.1 Å². The van der Waals surface area contributed by atoms with Crippen LogP contribution in [0.4, 0.5) is 4.79 Å². The van der Waals surface area contributed by atoms with E-state index in [4.69, 9.17) is 9.47 Å². The molecule has 36 heavy (non-hydrogen) atoms. The summed E-state index contributed by atoms with van der Waals surface area (Å²) in [5, 5.41) is 6.08. The third kappa shape index (κ3) is 4.35. The molecule has 2 saturated heterocycles. The molecule has 3 aliphatic rings. The minimum absolute atomic E-state index is 0.0194. The number of nitrogens with one attached hydrogen (secondary N) is 1. The number of carbonyl (C=O) groups is 3. The maximum Gasteiger partial charge on any atom is 0.334 e. The van der Waals surface area contributed by atoms with Crippen molar-refractivity contribution in [2.45, 2.75) is 32.2 Å². The van der Waals surface area contributed by atoms with Gasteiger partial charge in [0.25, 0.3) is 0 Å². The zero-order chi connectivity index (χ0) is 25.4. The molecule has 10 heteroatoms. The Morgan fingerprint density at radius 2 is 1.83 bits per heavy atom. The lowest BCUT2D eigenvalue weighted by Gasteiger charge is -2.54. The first-order valence-corrected chi connectivity index (χ1v) is 11.8. The highest BCUT2D eigenvalue weighted by Gasteiger charge is 2.50. The van der Waals surface area contributed by atoms with Crippen LogP contribution in [-0.4, -0.2) is 76.8 Å². The van der Waals surface area contributed by atoms with Crippen molar-refractivity contribution in [3.63, 3.8) is 0 Å². The van der Waals surface area contributed by atoms with Gasteiger partial charge in [-0.25, -0.2) is 14.8 Å². The number of nitrogens with zero attached hydrogens (tertiary/aromatic N) is 4. The van der Waals surface area contributed by atoms with Crippen molar-refractivity contribution in [1.29, 1.82) is 0 Å². The molecule has 3 heterocycles. The number of ether oxygens (including phenoxy) is 2. The number of piperazine rings is 1. The number of likely N-dealkylation sites (N-methyl/N-ethyl adjacent to an activating group) is 1. The van der Waals surface area contributed by atoms with Crippen LogP contribution in [0.1, 0.15) is 18.1 Å². The number of hydrogen-bond acceptors (Lipinski definition) is 6. The Labute approximate surface area is 209 Å². The van der Waals surface area contributed by atoms with Gasteiger partial charge >= 0.3 is 6.03 Å². The van der Waals surface area contributed by atoms with Gasteiger partial charge in [0.15, 0.2) is 11.5 Å². The predicted octanol–water partition coefficient (Wildman–Crippen LogP) is 1.93. The molecule has 3 aliphatic heterocycles. The van der Waals surface area contributed by atoms with Gasteiger partial charge in [0.05, 0.1) is 13.1 Å². The SMILES string of the molecule is C=C(C)[C@H]1C(=O)N(Cc2ccc3c(c2)OCO3)CC2N1C(=O)CN(C)N2C(=O)NCc1ccccc1. The van der Waals surface area contributed by atoms with Gasteiger partial charge in [0.2, 0.25) is 18.6 Å². The largest absolute Gasteiger partial charge is 0.454 e. The summed E-state index contributed by atoms with van der Waals surface area (Å²) < 4.78 is 10.9. The third-order valence-corrected chi connectivity index (χ3v) is 6.60. The first kappa shape index (κ1) is 23.7. The molecular weight excluding hydrogens is 462 g/mol. The van der Waals surface area contributed by atoms with E-state index in [1.165, 1.54) is 9.91 Å². The van der Waals surface area contributed by atoms with E-state index in [0.29, 0.717) is 30.2 Å². The van der Waals surface area contributed by atoms with Gasteiger partial charge in [-0.1, -0.05) is 43.0 Å². The lowest BCUT2D eigenvalue weighted by atomic mass is 10.0. The summed E-state index contributed by atoms with van der Waals surface area (Å²) in [6.45, 7) is 6.67. The average molecular weight is 492 g/mol. The van der Waals surface area contributed by atoms with Crippen LogP contribution in [0.25, 0.3) is 0 Å². The summed E-state index contributed by atoms with van der Waals surface area (Å²) in [5.41, 5.74) is 2.36. The molecule has 0 radical (unpaired) electrons. The molecule has 0 spiro atoms. The number of urea groups is 1. The molecule has 0 saturated carbocycles. The van der Waals surface area contributed by atoms with Crippen molar-refractivity contribution in [2.24, 2.45) is 0 Å². The van der Waals surface area contributed by atoms with E-state index in [2.05, 4.69) is 11.9 Å². The molecule has 1 unspecified atom stereocenters. The van der Waals surface area contributed by atoms with Crippen LogP contribution < -0.4 is 14.8 Å². The van der Waals surface area contributed by atoms with Crippen LogP contribution in [0.15, 0.2) is 60.7 Å².